The smallest absolute Gasteiger partial charge is 0.256 e. The van der Waals surface area contributed by atoms with Crippen molar-refractivity contribution in [3.63, 3.8) is 0 Å². The van der Waals surface area contributed by atoms with Crippen LogP contribution in [0.5, 0.6) is 0 Å². The van der Waals surface area contributed by atoms with Crippen LogP contribution in [-0.2, 0) is 0 Å². The summed E-state index contributed by atoms with van der Waals surface area (Å²) in [7, 11) is 0. The first-order valence-corrected chi connectivity index (χ1v) is 5.06. The molecular formula is C7H10N4O2S. The zero-order valence-corrected chi connectivity index (χ0v) is 8.88. The topological polar surface area (TPSA) is 80.1 Å². The van der Waals surface area contributed by atoms with E-state index < -0.39 is 11.4 Å². The third-order valence-electron chi connectivity index (χ3n) is 1.27. The summed E-state index contributed by atoms with van der Waals surface area (Å²) in [4.78, 5) is 27.8. The van der Waals surface area contributed by atoms with Gasteiger partial charge in [-0.3, -0.25) is 4.98 Å². The average Bonchev–Trinajstić information content (AvgIpc) is 2.08. The van der Waals surface area contributed by atoms with Crippen LogP contribution in [0.15, 0.2) is 19.8 Å². The van der Waals surface area contributed by atoms with Gasteiger partial charge in [-0.2, -0.15) is 14.8 Å². The van der Waals surface area contributed by atoms with E-state index in [1.165, 1.54) is 11.8 Å². The second kappa shape index (κ2) is 4.23. The first-order chi connectivity index (χ1) is 6.54. The van der Waals surface area contributed by atoms with Crippen molar-refractivity contribution in [3.05, 3.63) is 21.0 Å². The van der Waals surface area contributed by atoms with E-state index in [9.17, 15) is 9.59 Å². The minimum atomic E-state index is -0.653. The number of aromatic nitrogens is 3. The van der Waals surface area contributed by atoms with Gasteiger partial charge in [-0.25, -0.2) is 9.59 Å². The van der Waals surface area contributed by atoms with Crippen molar-refractivity contribution in [1.82, 2.24) is 14.6 Å². The molecular weight excluding hydrogens is 204 g/mol. The molecule has 1 N–H and O–H groups in total. The summed E-state index contributed by atoms with van der Waals surface area (Å²) in [5.74, 6) is 0. The Morgan fingerprint density at radius 1 is 1.50 bits per heavy atom. The highest BCUT2D eigenvalue weighted by Gasteiger charge is 2.04. The Balaban J connectivity index is 3.48. The maximum absolute atomic E-state index is 11.3. The maximum Gasteiger partial charge on any atom is 0.352 e. The molecule has 0 unspecified atom stereocenters. The molecule has 0 aromatic carbocycles. The molecule has 14 heavy (non-hydrogen) atoms. The van der Waals surface area contributed by atoms with Gasteiger partial charge in [0.1, 0.15) is 0 Å². The van der Waals surface area contributed by atoms with Crippen molar-refractivity contribution < 1.29 is 0 Å². The second-order valence-electron chi connectivity index (χ2n) is 2.69. The van der Waals surface area contributed by atoms with Gasteiger partial charge < -0.3 is 0 Å². The van der Waals surface area contributed by atoms with Crippen LogP contribution in [0.2, 0.25) is 0 Å². The predicted octanol–water partition coefficient (Wildman–Crippen LogP) is -0.103. The molecule has 0 fully saturated rings. The fraction of sp³-hybridized carbons (Fsp3) is 0.429. The van der Waals surface area contributed by atoms with Crippen molar-refractivity contribution in [2.75, 3.05) is 6.26 Å². The van der Waals surface area contributed by atoms with Crippen LogP contribution in [0.3, 0.4) is 0 Å². The Kier molecular flexibility index (Phi) is 3.23. The minimum absolute atomic E-state index is 0.278. The van der Waals surface area contributed by atoms with Crippen LogP contribution in [0.25, 0.3) is 0 Å². The summed E-state index contributed by atoms with van der Waals surface area (Å²) in [5.41, 5.74) is -0.522. The van der Waals surface area contributed by atoms with Gasteiger partial charge in [-0.05, 0) is 20.1 Å². The molecule has 0 amide bonds. The van der Waals surface area contributed by atoms with Crippen molar-refractivity contribution in [1.29, 1.82) is 0 Å². The zero-order chi connectivity index (χ0) is 10.7. The highest BCUT2D eigenvalue weighted by molar-refractivity contribution is 7.98. The first-order valence-electron chi connectivity index (χ1n) is 3.84. The number of H-pyrrole nitrogens is 1. The highest BCUT2D eigenvalue weighted by Crippen LogP contribution is 2.05. The quantitative estimate of drug-likeness (QED) is 0.550. The molecule has 0 aliphatic rings. The summed E-state index contributed by atoms with van der Waals surface area (Å²) in [6.45, 7) is 3.50. The summed E-state index contributed by atoms with van der Waals surface area (Å²) in [5, 5.41) is 4.22. The Labute approximate surface area is 84.1 Å². The van der Waals surface area contributed by atoms with Gasteiger partial charge in [-0.15, -0.1) is 0 Å². The summed E-state index contributed by atoms with van der Waals surface area (Å²) in [6, 6.07) is 0. The summed E-state index contributed by atoms with van der Waals surface area (Å²) in [6.07, 6.45) is 1.72. The van der Waals surface area contributed by atoms with Gasteiger partial charge in [0, 0.05) is 5.71 Å². The van der Waals surface area contributed by atoms with Crippen LogP contribution >= 0.6 is 11.8 Å². The lowest BCUT2D eigenvalue weighted by atomic mass is 10.5. The lowest BCUT2D eigenvalue weighted by Gasteiger charge is -2.02. The number of hydrogen-bond acceptors (Lipinski definition) is 5. The van der Waals surface area contributed by atoms with E-state index >= 15 is 0 Å². The first kappa shape index (κ1) is 10.7. The molecule has 1 heterocycles. The Hall–Kier alpha value is -1.37. The average molecular weight is 214 g/mol. The third-order valence-corrected chi connectivity index (χ3v) is 1.90. The monoisotopic (exact) mass is 214 g/mol. The Bertz CT molecular complexity index is 469. The van der Waals surface area contributed by atoms with Crippen molar-refractivity contribution in [2.45, 2.75) is 19.0 Å². The van der Waals surface area contributed by atoms with E-state index in [0.29, 0.717) is 5.71 Å². The number of thioether (sulfide) groups is 1. The van der Waals surface area contributed by atoms with Crippen LogP contribution in [-0.4, -0.2) is 26.6 Å². The van der Waals surface area contributed by atoms with Gasteiger partial charge in [-0.1, -0.05) is 11.8 Å². The summed E-state index contributed by atoms with van der Waals surface area (Å²) < 4.78 is 1.07. The van der Waals surface area contributed by atoms with Gasteiger partial charge in [0.2, 0.25) is 0 Å². The molecule has 0 saturated heterocycles. The predicted molar refractivity (Wildman–Crippen MR) is 55.1 cm³/mol. The highest BCUT2D eigenvalue weighted by atomic mass is 32.2. The maximum atomic E-state index is 11.3. The number of nitrogens with one attached hydrogen (secondary N) is 1. The molecule has 1 aromatic rings. The molecule has 76 valence electrons. The molecule has 0 saturated carbocycles. The standard InChI is InChI=1S/C7H10N4O2S/c1-4(2)10-11-6(13)8-5(12)9-7(11)14-3/h1-3H3,(H,8,12,13). The molecule has 0 aliphatic heterocycles. The van der Waals surface area contributed by atoms with Crippen LogP contribution in [0, 0.1) is 0 Å². The van der Waals surface area contributed by atoms with Gasteiger partial charge >= 0.3 is 11.4 Å². The fourth-order valence-corrected chi connectivity index (χ4v) is 1.28. The van der Waals surface area contributed by atoms with Crippen molar-refractivity contribution >= 4 is 17.5 Å². The lowest BCUT2D eigenvalue weighted by Crippen LogP contribution is -2.31. The molecule has 1 rings (SSSR count). The molecule has 6 nitrogen and oxygen atoms in total. The van der Waals surface area contributed by atoms with E-state index in [2.05, 4.69) is 10.1 Å². The van der Waals surface area contributed by atoms with Gasteiger partial charge in [0.15, 0.2) is 5.16 Å². The van der Waals surface area contributed by atoms with E-state index in [1.54, 1.807) is 20.1 Å². The second-order valence-corrected chi connectivity index (χ2v) is 3.47. The van der Waals surface area contributed by atoms with E-state index in [4.69, 9.17) is 0 Å². The van der Waals surface area contributed by atoms with Crippen molar-refractivity contribution in [2.24, 2.45) is 5.10 Å². The van der Waals surface area contributed by atoms with Crippen LogP contribution in [0.4, 0.5) is 0 Å². The summed E-state index contributed by atoms with van der Waals surface area (Å²) >= 11 is 1.19. The number of rotatable bonds is 2. The van der Waals surface area contributed by atoms with E-state index in [1.807, 2.05) is 4.98 Å². The minimum Gasteiger partial charge on any atom is -0.256 e. The third kappa shape index (κ3) is 2.32. The molecule has 0 aliphatic carbocycles. The largest absolute Gasteiger partial charge is 0.352 e. The van der Waals surface area contributed by atoms with E-state index in [0.717, 1.165) is 4.68 Å². The molecule has 0 bridgehead atoms. The SMILES string of the molecule is CSc1nc(=O)[nH]c(=O)n1N=C(C)C. The zero-order valence-electron chi connectivity index (χ0n) is 8.07. The fourth-order valence-electron chi connectivity index (χ4n) is 0.814. The molecule has 0 spiro atoms. The van der Waals surface area contributed by atoms with Gasteiger partial charge in [0.25, 0.3) is 0 Å². The molecule has 7 heteroatoms. The van der Waals surface area contributed by atoms with Crippen LogP contribution in [0.1, 0.15) is 13.8 Å². The van der Waals surface area contributed by atoms with Gasteiger partial charge in [0.05, 0.1) is 0 Å². The molecule has 1 aromatic heterocycles. The molecule has 0 radical (unpaired) electrons. The number of aromatic amines is 1. The Morgan fingerprint density at radius 3 is 2.64 bits per heavy atom. The normalized spacial score (nSPS) is 9.93. The lowest BCUT2D eigenvalue weighted by molar-refractivity contribution is 0.636. The van der Waals surface area contributed by atoms with Crippen molar-refractivity contribution in [3.8, 4) is 0 Å². The number of nitrogens with zero attached hydrogens (tertiary/aromatic N) is 3. The Morgan fingerprint density at radius 2 is 2.14 bits per heavy atom. The van der Waals surface area contributed by atoms with Crippen LogP contribution < -0.4 is 11.4 Å². The number of hydrogen-bond donors (Lipinski definition) is 1. The van der Waals surface area contributed by atoms with E-state index in [-0.39, 0.29) is 5.16 Å². The molecule has 0 atom stereocenters.